The zero-order valence-corrected chi connectivity index (χ0v) is 11.5. The van der Waals surface area contributed by atoms with Gasteiger partial charge in [-0.15, -0.1) is 0 Å². The molecule has 3 rings (SSSR count). The highest BCUT2D eigenvalue weighted by atomic mass is 16.4. The lowest BCUT2D eigenvalue weighted by molar-refractivity contribution is -0.143. The van der Waals surface area contributed by atoms with E-state index < -0.39 is 11.5 Å². The Kier molecular flexibility index (Phi) is 3.08. The average Bonchev–Trinajstić information content (AvgIpc) is 2.83. The van der Waals surface area contributed by atoms with Crippen LogP contribution in [0.1, 0.15) is 32.1 Å². The number of fused-ring (bicyclic) bond motifs is 1. The van der Waals surface area contributed by atoms with Crippen molar-refractivity contribution in [2.24, 2.45) is 7.05 Å². The first kappa shape index (κ1) is 12.9. The summed E-state index contributed by atoms with van der Waals surface area (Å²) in [5, 5.41) is 12.8. The monoisotopic (exact) mass is 274 g/mol. The van der Waals surface area contributed by atoms with E-state index in [2.05, 4.69) is 15.3 Å². The summed E-state index contributed by atoms with van der Waals surface area (Å²) < 4.78 is 1.90. The molecule has 0 radical (unpaired) electrons. The van der Waals surface area contributed by atoms with Gasteiger partial charge in [-0.05, 0) is 18.9 Å². The standard InChI is InChI=1S/C14H18N4O2/c1-18-9-16-11-10(18)5-8-15-12(11)17-14(13(19)20)6-3-2-4-7-14/h5,8-9H,2-4,6-7H2,1H3,(H,15,17)(H,19,20). The van der Waals surface area contributed by atoms with E-state index in [1.165, 1.54) is 0 Å². The van der Waals surface area contributed by atoms with Crippen molar-refractivity contribution in [3.63, 3.8) is 0 Å². The van der Waals surface area contributed by atoms with Crippen molar-refractivity contribution < 1.29 is 9.90 Å². The van der Waals surface area contributed by atoms with Crippen LogP contribution in [-0.2, 0) is 11.8 Å². The molecule has 20 heavy (non-hydrogen) atoms. The number of carbonyl (C=O) groups is 1. The molecule has 0 atom stereocenters. The van der Waals surface area contributed by atoms with Crippen LogP contribution in [0, 0.1) is 0 Å². The third-order valence-electron chi connectivity index (χ3n) is 4.12. The maximum absolute atomic E-state index is 11.7. The Hall–Kier alpha value is -2.11. The number of aromatic nitrogens is 3. The van der Waals surface area contributed by atoms with Crippen molar-refractivity contribution in [1.29, 1.82) is 0 Å². The SMILES string of the molecule is Cn1cnc2c(NC3(C(=O)O)CCCCC3)nccc21. The fourth-order valence-electron chi connectivity index (χ4n) is 2.93. The van der Waals surface area contributed by atoms with Crippen LogP contribution in [0.4, 0.5) is 5.82 Å². The van der Waals surface area contributed by atoms with Crippen molar-refractivity contribution in [2.75, 3.05) is 5.32 Å². The van der Waals surface area contributed by atoms with E-state index in [1.807, 2.05) is 17.7 Å². The Balaban J connectivity index is 2.00. The summed E-state index contributed by atoms with van der Waals surface area (Å²) in [5.41, 5.74) is 0.761. The normalized spacial score (nSPS) is 18.1. The van der Waals surface area contributed by atoms with E-state index in [4.69, 9.17) is 0 Å². The third kappa shape index (κ3) is 2.01. The van der Waals surface area contributed by atoms with Gasteiger partial charge >= 0.3 is 5.97 Å². The lowest BCUT2D eigenvalue weighted by Crippen LogP contribution is -2.48. The van der Waals surface area contributed by atoms with Gasteiger partial charge in [-0.3, -0.25) is 0 Å². The summed E-state index contributed by atoms with van der Waals surface area (Å²) in [4.78, 5) is 20.3. The van der Waals surface area contributed by atoms with Gasteiger partial charge in [-0.25, -0.2) is 14.8 Å². The van der Waals surface area contributed by atoms with Gasteiger partial charge in [0, 0.05) is 13.2 Å². The fraction of sp³-hybridized carbons (Fsp3) is 0.500. The van der Waals surface area contributed by atoms with E-state index in [-0.39, 0.29) is 0 Å². The number of pyridine rings is 1. The third-order valence-corrected chi connectivity index (χ3v) is 4.12. The molecule has 0 aromatic carbocycles. The van der Waals surface area contributed by atoms with Crippen LogP contribution < -0.4 is 5.32 Å². The highest BCUT2D eigenvalue weighted by Crippen LogP contribution is 2.33. The molecule has 1 saturated carbocycles. The second-order valence-corrected chi connectivity index (χ2v) is 5.46. The van der Waals surface area contributed by atoms with Gasteiger partial charge < -0.3 is 15.0 Å². The minimum atomic E-state index is -0.906. The Morgan fingerprint density at radius 3 is 2.80 bits per heavy atom. The van der Waals surface area contributed by atoms with Crippen LogP contribution >= 0.6 is 0 Å². The van der Waals surface area contributed by atoms with Crippen LogP contribution in [0.25, 0.3) is 11.0 Å². The minimum Gasteiger partial charge on any atom is -0.480 e. The summed E-state index contributed by atoms with van der Waals surface area (Å²) in [5.74, 6) is -0.237. The Labute approximate surface area is 116 Å². The van der Waals surface area contributed by atoms with Gasteiger partial charge in [-0.2, -0.15) is 0 Å². The Morgan fingerprint density at radius 2 is 2.10 bits per heavy atom. The van der Waals surface area contributed by atoms with E-state index in [0.717, 1.165) is 30.3 Å². The predicted octanol–water partition coefficient (Wildman–Crippen LogP) is 2.17. The fourth-order valence-corrected chi connectivity index (χ4v) is 2.93. The number of carboxylic acid groups (broad SMARTS) is 1. The first-order valence-electron chi connectivity index (χ1n) is 6.90. The highest BCUT2D eigenvalue weighted by molar-refractivity contribution is 5.90. The van der Waals surface area contributed by atoms with E-state index >= 15 is 0 Å². The second kappa shape index (κ2) is 4.77. The predicted molar refractivity (Wildman–Crippen MR) is 75.6 cm³/mol. The molecule has 6 nitrogen and oxygen atoms in total. The van der Waals surface area contributed by atoms with Crippen LogP contribution in [0.5, 0.6) is 0 Å². The molecular weight excluding hydrogens is 256 g/mol. The molecule has 0 bridgehead atoms. The van der Waals surface area contributed by atoms with E-state index in [0.29, 0.717) is 18.7 Å². The topological polar surface area (TPSA) is 80.0 Å². The largest absolute Gasteiger partial charge is 0.480 e. The summed E-state index contributed by atoms with van der Waals surface area (Å²) in [7, 11) is 1.91. The molecule has 1 aliphatic rings. The Bertz CT molecular complexity index is 644. The molecular formula is C14H18N4O2. The molecule has 0 amide bonds. The van der Waals surface area contributed by atoms with Gasteiger partial charge in [0.15, 0.2) is 5.82 Å². The van der Waals surface area contributed by atoms with Gasteiger partial charge in [0.05, 0.1) is 11.8 Å². The number of aliphatic carboxylic acids is 1. The molecule has 1 aliphatic carbocycles. The molecule has 2 heterocycles. The molecule has 0 unspecified atom stereocenters. The maximum atomic E-state index is 11.7. The number of anilines is 1. The molecule has 0 saturated heterocycles. The number of nitrogens with zero attached hydrogens (tertiary/aromatic N) is 3. The molecule has 106 valence electrons. The molecule has 2 aromatic rings. The number of carboxylic acids is 1. The number of hydrogen-bond acceptors (Lipinski definition) is 4. The zero-order chi connectivity index (χ0) is 14.2. The van der Waals surface area contributed by atoms with E-state index in [1.54, 1.807) is 12.5 Å². The van der Waals surface area contributed by atoms with Gasteiger partial charge in [0.25, 0.3) is 0 Å². The average molecular weight is 274 g/mol. The maximum Gasteiger partial charge on any atom is 0.329 e. The number of nitrogens with one attached hydrogen (secondary N) is 1. The molecule has 0 aliphatic heterocycles. The summed E-state index contributed by atoms with van der Waals surface area (Å²) in [6.45, 7) is 0. The molecule has 2 N–H and O–H groups in total. The first-order chi connectivity index (χ1) is 9.62. The van der Waals surface area contributed by atoms with Crippen LogP contribution in [0.15, 0.2) is 18.6 Å². The molecule has 1 fully saturated rings. The van der Waals surface area contributed by atoms with Crippen molar-refractivity contribution in [3.05, 3.63) is 18.6 Å². The minimum absolute atomic E-state index is 0.562. The van der Waals surface area contributed by atoms with Crippen molar-refractivity contribution in [3.8, 4) is 0 Å². The Morgan fingerprint density at radius 1 is 1.35 bits per heavy atom. The number of rotatable bonds is 3. The first-order valence-corrected chi connectivity index (χ1v) is 6.90. The lowest BCUT2D eigenvalue weighted by Gasteiger charge is -2.34. The van der Waals surface area contributed by atoms with Gasteiger partial charge in [0.2, 0.25) is 0 Å². The molecule has 6 heteroatoms. The van der Waals surface area contributed by atoms with Gasteiger partial charge in [0.1, 0.15) is 11.1 Å². The van der Waals surface area contributed by atoms with Crippen molar-refractivity contribution in [1.82, 2.24) is 14.5 Å². The van der Waals surface area contributed by atoms with Gasteiger partial charge in [-0.1, -0.05) is 19.3 Å². The number of imidazole rings is 1. The molecule has 0 spiro atoms. The van der Waals surface area contributed by atoms with E-state index in [9.17, 15) is 9.90 Å². The zero-order valence-electron chi connectivity index (χ0n) is 11.5. The number of aryl methyl sites for hydroxylation is 1. The van der Waals surface area contributed by atoms with Crippen LogP contribution in [0.2, 0.25) is 0 Å². The molecule has 2 aromatic heterocycles. The van der Waals surface area contributed by atoms with Crippen molar-refractivity contribution >= 4 is 22.8 Å². The summed E-state index contributed by atoms with van der Waals surface area (Å²) in [6.07, 6.45) is 7.62. The second-order valence-electron chi connectivity index (χ2n) is 5.46. The quantitative estimate of drug-likeness (QED) is 0.896. The van der Waals surface area contributed by atoms with Crippen LogP contribution in [0.3, 0.4) is 0 Å². The smallest absolute Gasteiger partial charge is 0.329 e. The summed E-state index contributed by atoms with van der Waals surface area (Å²) >= 11 is 0. The van der Waals surface area contributed by atoms with Crippen molar-refractivity contribution in [2.45, 2.75) is 37.6 Å². The number of hydrogen-bond donors (Lipinski definition) is 2. The van der Waals surface area contributed by atoms with Crippen LogP contribution in [-0.4, -0.2) is 31.1 Å². The highest BCUT2D eigenvalue weighted by Gasteiger charge is 2.40. The summed E-state index contributed by atoms with van der Waals surface area (Å²) in [6, 6.07) is 1.88. The lowest BCUT2D eigenvalue weighted by atomic mass is 9.81.